The first kappa shape index (κ1) is 19.5. The lowest BCUT2D eigenvalue weighted by Crippen LogP contribution is -2.41. The summed E-state index contributed by atoms with van der Waals surface area (Å²) in [7, 11) is 0. The van der Waals surface area contributed by atoms with Gasteiger partial charge in [-0.2, -0.15) is 5.26 Å². The van der Waals surface area contributed by atoms with E-state index >= 15 is 0 Å². The Morgan fingerprint density at radius 2 is 2.18 bits per heavy atom. The maximum atomic E-state index is 13.4. The number of alkyl halides is 2. The molecule has 0 aliphatic rings. The van der Waals surface area contributed by atoms with Crippen LogP contribution in [0.3, 0.4) is 0 Å². The van der Waals surface area contributed by atoms with E-state index in [0.29, 0.717) is 27.8 Å². The molecule has 0 saturated carbocycles. The fraction of sp³-hybridized carbons (Fsp3) is 0.316. The van der Waals surface area contributed by atoms with Crippen LogP contribution in [0.5, 0.6) is 0 Å². The number of H-pyrrole nitrogens is 1. The molecule has 0 bridgehead atoms. The van der Waals surface area contributed by atoms with Gasteiger partial charge in [0, 0.05) is 23.1 Å². The summed E-state index contributed by atoms with van der Waals surface area (Å²) in [6.45, 7) is 2.07. The number of aromatic amines is 1. The van der Waals surface area contributed by atoms with Crippen LogP contribution in [0, 0.1) is 11.3 Å². The van der Waals surface area contributed by atoms with E-state index < -0.39 is 24.9 Å². The van der Waals surface area contributed by atoms with Crippen molar-refractivity contribution in [2.75, 3.05) is 18.4 Å². The number of halogens is 2. The number of aromatic nitrogens is 2. The lowest BCUT2D eigenvalue weighted by molar-refractivity contribution is 0.0119. The number of nitrogens with zero attached hydrogens (tertiary/aromatic N) is 2. The molecule has 2 heterocycles. The molecular formula is C19H20F2N6O. The van der Waals surface area contributed by atoms with Crippen molar-refractivity contribution in [3.05, 3.63) is 35.5 Å². The van der Waals surface area contributed by atoms with Gasteiger partial charge in [0.2, 0.25) is 0 Å². The van der Waals surface area contributed by atoms with Crippen molar-refractivity contribution < 1.29 is 13.6 Å². The first-order valence-electron chi connectivity index (χ1n) is 8.73. The molecule has 3 rings (SSSR count). The zero-order valence-electron chi connectivity index (χ0n) is 15.4. The molecule has 0 atom stereocenters. The Morgan fingerprint density at radius 1 is 1.43 bits per heavy atom. The Labute approximate surface area is 159 Å². The molecule has 0 spiro atoms. The Hall–Kier alpha value is -3.25. The van der Waals surface area contributed by atoms with Crippen molar-refractivity contribution in [1.29, 1.82) is 5.26 Å². The van der Waals surface area contributed by atoms with Crippen LogP contribution in [0.15, 0.2) is 24.4 Å². The lowest BCUT2D eigenvalue weighted by atomic mass is 10.1. The fourth-order valence-corrected chi connectivity index (χ4v) is 2.88. The summed E-state index contributed by atoms with van der Waals surface area (Å²) in [5, 5.41) is 15.3. The molecule has 9 heteroatoms. The zero-order chi connectivity index (χ0) is 20.5. The van der Waals surface area contributed by atoms with Crippen LogP contribution in [0.4, 0.5) is 14.5 Å². The minimum absolute atomic E-state index is 0.0243. The average Bonchev–Trinajstić information content (AvgIpc) is 3.04. The van der Waals surface area contributed by atoms with Crippen LogP contribution < -0.4 is 16.4 Å². The number of benzene rings is 1. The Kier molecular flexibility index (Phi) is 5.16. The molecular weight excluding hydrogens is 366 g/mol. The number of carbonyl (C=O) groups excluding carboxylic acids is 1. The molecule has 7 nitrogen and oxygen atoms in total. The van der Waals surface area contributed by atoms with Gasteiger partial charge in [-0.1, -0.05) is 0 Å². The SMILES string of the molecule is CC(C)Nc1c(C(=O)NCC(F)(F)CN)cnc2c1[nH]c1cc(C#N)ccc12. The van der Waals surface area contributed by atoms with Crippen LogP contribution in [0.2, 0.25) is 0 Å². The van der Waals surface area contributed by atoms with Crippen LogP contribution >= 0.6 is 0 Å². The molecule has 0 aliphatic heterocycles. The highest BCUT2D eigenvalue weighted by Crippen LogP contribution is 2.32. The second-order valence-electron chi connectivity index (χ2n) is 6.81. The minimum Gasteiger partial charge on any atom is -0.380 e. The van der Waals surface area contributed by atoms with E-state index in [2.05, 4.69) is 26.7 Å². The number of carbonyl (C=O) groups is 1. The topological polar surface area (TPSA) is 120 Å². The van der Waals surface area contributed by atoms with Crippen molar-refractivity contribution in [3.8, 4) is 6.07 Å². The minimum atomic E-state index is -3.19. The third-order valence-electron chi connectivity index (χ3n) is 4.23. The third kappa shape index (κ3) is 3.73. The van der Waals surface area contributed by atoms with Gasteiger partial charge in [0.15, 0.2) is 0 Å². The molecule has 5 N–H and O–H groups in total. The summed E-state index contributed by atoms with van der Waals surface area (Å²) in [6.07, 6.45) is 1.36. The number of nitrogens with one attached hydrogen (secondary N) is 3. The van der Waals surface area contributed by atoms with Gasteiger partial charge in [0.25, 0.3) is 11.8 Å². The molecule has 2 aromatic heterocycles. The van der Waals surface area contributed by atoms with E-state index in [0.717, 1.165) is 5.39 Å². The van der Waals surface area contributed by atoms with Gasteiger partial charge in [-0.15, -0.1) is 0 Å². The fourth-order valence-electron chi connectivity index (χ4n) is 2.88. The van der Waals surface area contributed by atoms with Crippen LogP contribution in [0.25, 0.3) is 21.9 Å². The van der Waals surface area contributed by atoms with Gasteiger partial charge >= 0.3 is 0 Å². The summed E-state index contributed by atoms with van der Waals surface area (Å²) in [4.78, 5) is 20.1. The second kappa shape index (κ2) is 7.40. The molecule has 0 unspecified atom stereocenters. The molecule has 0 fully saturated rings. The summed E-state index contributed by atoms with van der Waals surface area (Å²) in [6, 6.07) is 7.20. The number of hydrogen-bond acceptors (Lipinski definition) is 5. The second-order valence-corrected chi connectivity index (χ2v) is 6.81. The van der Waals surface area contributed by atoms with Gasteiger partial charge in [-0.3, -0.25) is 9.78 Å². The number of hydrogen-bond donors (Lipinski definition) is 4. The molecule has 1 aromatic carbocycles. The maximum absolute atomic E-state index is 13.4. The first-order valence-corrected chi connectivity index (χ1v) is 8.73. The smallest absolute Gasteiger partial charge is 0.277 e. The Bertz CT molecular complexity index is 1080. The first-order chi connectivity index (χ1) is 13.3. The van der Waals surface area contributed by atoms with E-state index in [1.54, 1.807) is 18.2 Å². The number of rotatable bonds is 6. The van der Waals surface area contributed by atoms with Crippen molar-refractivity contribution >= 4 is 33.5 Å². The van der Waals surface area contributed by atoms with Crippen molar-refractivity contribution in [1.82, 2.24) is 15.3 Å². The maximum Gasteiger partial charge on any atom is 0.277 e. The number of fused-ring (bicyclic) bond motifs is 3. The summed E-state index contributed by atoms with van der Waals surface area (Å²) >= 11 is 0. The number of amides is 1. The molecule has 1 amide bonds. The number of nitriles is 1. The number of pyridine rings is 1. The predicted octanol–water partition coefficient (Wildman–Crippen LogP) is 2.73. The van der Waals surface area contributed by atoms with Crippen molar-refractivity contribution in [2.45, 2.75) is 25.8 Å². The van der Waals surface area contributed by atoms with Gasteiger partial charge in [0.1, 0.15) is 0 Å². The van der Waals surface area contributed by atoms with Gasteiger partial charge in [0.05, 0.1) is 47.0 Å². The highest BCUT2D eigenvalue weighted by molar-refractivity contribution is 6.13. The summed E-state index contributed by atoms with van der Waals surface area (Å²) < 4.78 is 26.8. The average molecular weight is 386 g/mol. The zero-order valence-corrected chi connectivity index (χ0v) is 15.4. The molecule has 0 aliphatic carbocycles. The molecule has 3 aromatic rings. The van der Waals surface area contributed by atoms with Crippen LogP contribution in [-0.2, 0) is 0 Å². The van der Waals surface area contributed by atoms with E-state index in [-0.39, 0.29) is 11.6 Å². The van der Waals surface area contributed by atoms with Gasteiger partial charge < -0.3 is 21.4 Å². The van der Waals surface area contributed by atoms with Crippen molar-refractivity contribution in [3.63, 3.8) is 0 Å². The normalized spacial score (nSPS) is 11.8. The van der Waals surface area contributed by atoms with Crippen LogP contribution in [0.1, 0.15) is 29.8 Å². The van der Waals surface area contributed by atoms with E-state index in [1.165, 1.54) is 6.20 Å². The molecule has 28 heavy (non-hydrogen) atoms. The quantitative estimate of drug-likeness (QED) is 0.519. The molecule has 146 valence electrons. The number of nitrogens with two attached hydrogens (primary N) is 1. The standard InChI is InChI=1S/C19H20F2N6O/c1-10(2)26-16-13(18(28)25-9-19(20,21)8-23)7-24-15-12-4-3-11(6-22)5-14(12)27-17(15)16/h3-5,7,10,27H,8-9,23H2,1-2H3,(H,24,26)(H,25,28). The monoisotopic (exact) mass is 386 g/mol. The van der Waals surface area contributed by atoms with Crippen molar-refractivity contribution in [2.24, 2.45) is 5.73 Å². The molecule has 0 radical (unpaired) electrons. The highest BCUT2D eigenvalue weighted by Gasteiger charge is 2.28. The summed E-state index contributed by atoms with van der Waals surface area (Å²) in [5.74, 6) is -3.87. The van der Waals surface area contributed by atoms with Crippen LogP contribution in [-0.4, -0.2) is 40.9 Å². The van der Waals surface area contributed by atoms with E-state index in [9.17, 15) is 13.6 Å². The van der Waals surface area contributed by atoms with E-state index in [4.69, 9.17) is 11.0 Å². The molecule has 0 saturated heterocycles. The van der Waals surface area contributed by atoms with E-state index in [1.807, 2.05) is 13.8 Å². The Balaban J connectivity index is 2.11. The highest BCUT2D eigenvalue weighted by atomic mass is 19.3. The largest absolute Gasteiger partial charge is 0.380 e. The van der Waals surface area contributed by atoms with Gasteiger partial charge in [-0.05, 0) is 32.0 Å². The summed E-state index contributed by atoms with van der Waals surface area (Å²) in [5.41, 5.74) is 7.98. The lowest BCUT2D eigenvalue weighted by Gasteiger charge is -2.17. The third-order valence-corrected chi connectivity index (χ3v) is 4.23. The van der Waals surface area contributed by atoms with Gasteiger partial charge in [-0.25, -0.2) is 8.78 Å². The Morgan fingerprint density at radius 3 is 2.82 bits per heavy atom. The predicted molar refractivity (Wildman–Crippen MR) is 103 cm³/mol. The number of anilines is 1.